The molecule has 2 atom stereocenters. The van der Waals surface area contributed by atoms with Crippen LogP contribution < -0.4 is 0 Å². The Morgan fingerprint density at radius 1 is 1.18 bits per heavy atom. The average Bonchev–Trinajstić information content (AvgIpc) is 3.16. The van der Waals surface area contributed by atoms with Crippen LogP contribution in [0.3, 0.4) is 0 Å². The molecule has 0 radical (unpaired) electrons. The van der Waals surface area contributed by atoms with Gasteiger partial charge in [0.1, 0.15) is 5.76 Å². The van der Waals surface area contributed by atoms with Gasteiger partial charge in [0, 0.05) is 17.9 Å². The molecule has 22 heavy (non-hydrogen) atoms. The van der Waals surface area contributed by atoms with E-state index in [0.29, 0.717) is 6.42 Å². The molecule has 0 bridgehead atoms. The maximum atomic E-state index is 10.6. The number of aromatic nitrogens is 2. The van der Waals surface area contributed by atoms with Crippen molar-refractivity contribution in [2.75, 3.05) is 0 Å². The van der Waals surface area contributed by atoms with E-state index in [9.17, 15) is 5.11 Å². The van der Waals surface area contributed by atoms with Crippen molar-refractivity contribution in [1.29, 1.82) is 0 Å². The Labute approximate surface area is 129 Å². The number of hydrogen-bond acceptors (Lipinski definition) is 3. The third kappa shape index (κ3) is 2.07. The molecule has 2 heterocycles. The summed E-state index contributed by atoms with van der Waals surface area (Å²) in [7, 11) is 0. The standard InChI is InChI=1S/C18H18N2O2/c1-12-18-15(20(19-12)14-6-3-2-4-7-14)10-13(11-16(18)21)17-8-5-9-22-17/h2-9,13,16,21H,10-11H2,1H3. The zero-order chi connectivity index (χ0) is 15.1. The Morgan fingerprint density at radius 2 is 2.00 bits per heavy atom. The summed E-state index contributed by atoms with van der Waals surface area (Å²) in [5.41, 5.74) is 4.00. The van der Waals surface area contributed by atoms with Crippen LogP contribution in [0, 0.1) is 6.92 Å². The van der Waals surface area contributed by atoms with E-state index in [1.807, 2.05) is 54.1 Å². The molecular formula is C18H18N2O2. The first-order valence-electron chi connectivity index (χ1n) is 7.59. The van der Waals surface area contributed by atoms with Gasteiger partial charge >= 0.3 is 0 Å². The molecule has 4 rings (SSSR count). The molecular weight excluding hydrogens is 276 g/mol. The van der Waals surface area contributed by atoms with Gasteiger partial charge in [0.05, 0.1) is 29.4 Å². The quantitative estimate of drug-likeness (QED) is 0.786. The minimum absolute atomic E-state index is 0.191. The van der Waals surface area contributed by atoms with Gasteiger partial charge in [0.2, 0.25) is 0 Å². The summed E-state index contributed by atoms with van der Waals surface area (Å²) in [5, 5.41) is 15.2. The van der Waals surface area contributed by atoms with Gasteiger partial charge < -0.3 is 9.52 Å². The van der Waals surface area contributed by atoms with E-state index < -0.39 is 6.10 Å². The lowest BCUT2D eigenvalue weighted by Crippen LogP contribution is -2.19. The van der Waals surface area contributed by atoms with E-state index in [1.165, 1.54) is 0 Å². The molecule has 1 N–H and O–H groups in total. The summed E-state index contributed by atoms with van der Waals surface area (Å²) >= 11 is 0. The number of nitrogens with zero attached hydrogens (tertiary/aromatic N) is 2. The predicted molar refractivity (Wildman–Crippen MR) is 83.0 cm³/mol. The predicted octanol–water partition coefficient (Wildman–Crippen LogP) is 3.54. The molecule has 4 heteroatoms. The average molecular weight is 294 g/mol. The van der Waals surface area contributed by atoms with Gasteiger partial charge in [-0.15, -0.1) is 0 Å². The van der Waals surface area contributed by atoms with E-state index in [4.69, 9.17) is 4.42 Å². The zero-order valence-electron chi connectivity index (χ0n) is 12.4. The van der Waals surface area contributed by atoms with Crippen LogP contribution in [-0.2, 0) is 6.42 Å². The van der Waals surface area contributed by atoms with Crippen molar-refractivity contribution in [1.82, 2.24) is 9.78 Å². The van der Waals surface area contributed by atoms with Crippen LogP contribution in [0.5, 0.6) is 0 Å². The maximum Gasteiger partial charge on any atom is 0.107 e. The van der Waals surface area contributed by atoms with Crippen molar-refractivity contribution in [3.8, 4) is 5.69 Å². The topological polar surface area (TPSA) is 51.2 Å². The molecule has 4 nitrogen and oxygen atoms in total. The maximum absolute atomic E-state index is 10.6. The molecule has 0 saturated carbocycles. The van der Waals surface area contributed by atoms with Crippen LogP contribution >= 0.6 is 0 Å². The first kappa shape index (κ1) is 13.3. The number of aryl methyl sites for hydroxylation is 1. The van der Waals surface area contributed by atoms with Crippen molar-refractivity contribution >= 4 is 0 Å². The van der Waals surface area contributed by atoms with Crippen molar-refractivity contribution < 1.29 is 9.52 Å². The molecule has 0 fully saturated rings. The Kier molecular flexibility index (Phi) is 3.12. The Hall–Kier alpha value is -2.33. The molecule has 112 valence electrons. The smallest absolute Gasteiger partial charge is 0.107 e. The summed E-state index contributed by atoms with van der Waals surface area (Å²) in [5.74, 6) is 1.12. The number of benzene rings is 1. The lowest BCUT2D eigenvalue weighted by molar-refractivity contribution is 0.142. The molecule has 3 aromatic rings. The fraction of sp³-hybridized carbons (Fsp3) is 0.278. The molecule has 0 amide bonds. The van der Waals surface area contributed by atoms with Gasteiger partial charge in [-0.1, -0.05) is 18.2 Å². The summed E-state index contributed by atoms with van der Waals surface area (Å²) in [6.45, 7) is 1.97. The molecule has 2 aromatic heterocycles. The van der Waals surface area contributed by atoms with E-state index in [2.05, 4.69) is 5.10 Å². The summed E-state index contributed by atoms with van der Waals surface area (Å²) < 4.78 is 7.51. The molecule has 0 saturated heterocycles. The van der Waals surface area contributed by atoms with Crippen LogP contribution in [0.2, 0.25) is 0 Å². The third-order valence-electron chi connectivity index (χ3n) is 4.43. The molecule has 2 unspecified atom stereocenters. The number of furan rings is 1. The Bertz CT molecular complexity index is 775. The highest BCUT2D eigenvalue weighted by molar-refractivity contribution is 5.40. The van der Waals surface area contributed by atoms with E-state index in [0.717, 1.165) is 34.8 Å². The molecule has 0 spiro atoms. The zero-order valence-corrected chi connectivity index (χ0v) is 12.4. The number of hydrogen-bond donors (Lipinski definition) is 1. The summed E-state index contributed by atoms with van der Waals surface area (Å²) in [6, 6.07) is 14.0. The van der Waals surface area contributed by atoms with Crippen molar-refractivity contribution in [2.45, 2.75) is 31.8 Å². The fourth-order valence-corrected chi connectivity index (χ4v) is 3.44. The van der Waals surface area contributed by atoms with Gasteiger partial charge in [-0.25, -0.2) is 4.68 Å². The Balaban J connectivity index is 1.81. The van der Waals surface area contributed by atoms with Crippen molar-refractivity contribution in [3.63, 3.8) is 0 Å². The van der Waals surface area contributed by atoms with Crippen molar-refractivity contribution in [3.05, 3.63) is 71.4 Å². The molecule has 1 aliphatic carbocycles. The van der Waals surface area contributed by atoms with Crippen LogP contribution in [0.25, 0.3) is 5.69 Å². The van der Waals surface area contributed by atoms with Gasteiger partial charge in [0.25, 0.3) is 0 Å². The number of aliphatic hydroxyl groups excluding tert-OH is 1. The van der Waals surface area contributed by atoms with Crippen LogP contribution in [0.15, 0.2) is 53.1 Å². The first-order chi connectivity index (χ1) is 10.7. The minimum atomic E-state index is -0.490. The lowest BCUT2D eigenvalue weighted by atomic mass is 9.83. The van der Waals surface area contributed by atoms with E-state index in [-0.39, 0.29) is 5.92 Å². The van der Waals surface area contributed by atoms with E-state index in [1.54, 1.807) is 6.26 Å². The highest BCUT2D eigenvalue weighted by atomic mass is 16.3. The number of fused-ring (bicyclic) bond motifs is 1. The van der Waals surface area contributed by atoms with E-state index >= 15 is 0 Å². The molecule has 0 aliphatic heterocycles. The van der Waals surface area contributed by atoms with Gasteiger partial charge in [-0.2, -0.15) is 5.10 Å². The van der Waals surface area contributed by atoms with Gasteiger partial charge in [-0.3, -0.25) is 0 Å². The van der Waals surface area contributed by atoms with Crippen LogP contribution in [0.1, 0.15) is 41.2 Å². The number of para-hydroxylation sites is 1. The normalized spacial score (nSPS) is 20.8. The number of aliphatic hydroxyl groups is 1. The second-order valence-corrected chi connectivity index (χ2v) is 5.86. The SMILES string of the molecule is Cc1nn(-c2ccccc2)c2c1C(O)CC(c1ccco1)C2. The molecule has 1 aromatic carbocycles. The second kappa shape index (κ2) is 5.14. The Morgan fingerprint density at radius 3 is 2.73 bits per heavy atom. The number of rotatable bonds is 2. The van der Waals surface area contributed by atoms with Crippen molar-refractivity contribution in [2.24, 2.45) is 0 Å². The van der Waals surface area contributed by atoms with Gasteiger partial charge in [0.15, 0.2) is 0 Å². The lowest BCUT2D eigenvalue weighted by Gasteiger charge is -2.26. The minimum Gasteiger partial charge on any atom is -0.469 e. The summed E-state index contributed by atoms with van der Waals surface area (Å²) in [6.07, 6.45) is 2.71. The second-order valence-electron chi connectivity index (χ2n) is 5.86. The summed E-state index contributed by atoms with van der Waals surface area (Å²) in [4.78, 5) is 0. The largest absolute Gasteiger partial charge is 0.469 e. The van der Waals surface area contributed by atoms with Crippen LogP contribution in [0.4, 0.5) is 0 Å². The molecule has 1 aliphatic rings. The fourth-order valence-electron chi connectivity index (χ4n) is 3.44. The van der Waals surface area contributed by atoms with Crippen LogP contribution in [-0.4, -0.2) is 14.9 Å². The first-order valence-corrected chi connectivity index (χ1v) is 7.59. The monoisotopic (exact) mass is 294 g/mol. The van der Waals surface area contributed by atoms with Gasteiger partial charge in [-0.05, 0) is 37.6 Å². The highest BCUT2D eigenvalue weighted by Crippen LogP contribution is 2.40. The third-order valence-corrected chi connectivity index (χ3v) is 4.43. The highest BCUT2D eigenvalue weighted by Gasteiger charge is 2.33.